The Balaban J connectivity index is 1.74. The van der Waals surface area contributed by atoms with E-state index in [-0.39, 0.29) is 0 Å². The molecule has 0 spiro atoms. The van der Waals surface area contributed by atoms with Gasteiger partial charge in [0.1, 0.15) is 0 Å². The molecule has 0 amide bonds. The molecule has 0 aromatic heterocycles. The van der Waals surface area contributed by atoms with Crippen LogP contribution in [0.2, 0.25) is 0 Å². The van der Waals surface area contributed by atoms with Crippen molar-refractivity contribution in [3.05, 3.63) is 59.7 Å². The molecule has 1 heteroatoms. The Hall–Kier alpha value is -1.60. The maximum Gasteiger partial charge on any atom is 0.0620 e. The summed E-state index contributed by atoms with van der Waals surface area (Å²) in [6.07, 6.45) is 4.02. The molecular formula is C20H24O. The normalized spacial score (nSPS) is 25.8. The van der Waals surface area contributed by atoms with Crippen molar-refractivity contribution in [3.63, 3.8) is 0 Å². The van der Waals surface area contributed by atoms with Crippen LogP contribution in [0.15, 0.2) is 48.5 Å². The number of benzene rings is 2. The summed E-state index contributed by atoms with van der Waals surface area (Å²) in [7, 11) is 0. The quantitative estimate of drug-likeness (QED) is 0.814. The molecule has 3 rings (SSSR count). The maximum absolute atomic E-state index is 10.1. The fourth-order valence-corrected chi connectivity index (χ4v) is 3.27. The minimum atomic E-state index is -0.446. The van der Waals surface area contributed by atoms with Gasteiger partial charge in [-0.15, -0.1) is 0 Å². The highest BCUT2D eigenvalue weighted by Crippen LogP contribution is 2.38. The van der Waals surface area contributed by atoms with E-state index in [1.165, 1.54) is 22.3 Å². The third-order valence-electron chi connectivity index (χ3n) is 4.83. The molecular weight excluding hydrogens is 256 g/mol. The summed E-state index contributed by atoms with van der Waals surface area (Å²) < 4.78 is 0. The van der Waals surface area contributed by atoms with E-state index in [9.17, 15) is 5.11 Å². The van der Waals surface area contributed by atoms with Crippen molar-refractivity contribution in [1.82, 2.24) is 0 Å². The molecule has 1 aliphatic carbocycles. The van der Waals surface area contributed by atoms with Crippen LogP contribution in [0.25, 0.3) is 11.1 Å². The molecule has 0 bridgehead atoms. The fraction of sp³-hybridized carbons (Fsp3) is 0.400. The Labute approximate surface area is 127 Å². The van der Waals surface area contributed by atoms with Crippen molar-refractivity contribution in [3.8, 4) is 11.1 Å². The SMILES string of the molecule is Cc1ccc(-c2ccc(C3CCC(C)(O)CC3)cc2)cc1. The average molecular weight is 280 g/mol. The van der Waals surface area contributed by atoms with Gasteiger partial charge in [-0.1, -0.05) is 54.1 Å². The molecule has 2 aromatic carbocycles. The van der Waals surface area contributed by atoms with Crippen LogP contribution >= 0.6 is 0 Å². The third kappa shape index (κ3) is 3.36. The fourth-order valence-electron chi connectivity index (χ4n) is 3.27. The minimum absolute atomic E-state index is 0.446. The topological polar surface area (TPSA) is 20.2 Å². The summed E-state index contributed by atoms with van der Waals surface area (Å²) in [5, 5.41) is 10.1. The molecule has 0 radical (unpaired) electrons. The van der Waals surface area contributed by atoms with Crippen molar-refractivity contribution in [2.24, 2.45) is 0 Å². The zero-order valence-corrected chi connectivity index (χ0v) is 13.0. The van der Waals surface area contributed by atoms with E-state index in [0.29, 0.717) is 5.92 Å². The van der Waals surface area contributed by atoms with E-state index in [4.69, 9.17) is 0 Å². The Morgan fingerprint density at radius 2 is 1.33 bits per heavy atom. The van der Waals surface area contributed by atoms with Crippen LogP contribution in [0.1, 0.15) is 49.7 Å². The van der Waals surface area contributed by atoms with Crippen molar-refractivity contribution < 1.29 is 5.11 Å². The first-order valence-corrected chi connectivity index (χ1v) is 7.93. The molecule has 1 saturated carbocycles. The Kier molecular flexibility index (Phi) is 3.86. The van der Waals surface area contributed by atoms with Crippen molar-refractivity contribution in [2.75, 3.05) is 0 Å². The molecule has 0 heterocycles. The molecule has 110 valence electrons. The monoisotopic (exact) mass is 280 g/mol. The van der Waals surface area contributed by atoms with Gasteiger partial charge in [-0.3, -0.25) is 0 Å². The molecule has 1 fully saturated rings. The Bertz CT molecular complexity index is 583. The molecule has 0 saturated heterocycles. The molecule has 1 nitrogen and oxygen atoms in total. The van der Waals surface area contributed by atoms with Gasteiger partial charge in [0.2, 0.25) is 0 Å². The number of aryl methyl sites for hydroxylation is 1. The summed E-state index contributed by atoms with van der Waals surface area (Å²) in [5.41, 5.74) is 4.82. The van der Waals surface area contributed by atoms with Crippen LogP contribution in [0.3, 0.4) is 0 Å². The number of rotatable bonds is 2. The van der Waals surface area contributed by atoms with Crippen LogP contribution in [-0.4, -0.2) is 10.7 Å². The highest BCUT2D eigenvalue weighted by molar-refractivity contribution is 5.64. The highest BCUT2D eigenvalue weighted by Gasteiger charge is 2.29. The van der Waals surface area contributed by atoms with Gasteiger partial charge in [-0.2, -0.15) is 0 Å². The van der Waals surface area contributed by atoms with Crippen LogP contribution in [0, 0.1) is 6.92 Å². The summed E-state index contributed by atoms with van der Waals surface area (Å²) >= 11 is 0. The molecule has 21 heavy (non-hydrogen) atoms. The van der Waals surface area contributed by atoms with E-state index in [1.807, 2.05) is 6.92 Å². The van der Waals surface area contributed by atoms with Gasteiger partial charge in [-0.05, 0) is 62.1 Å². The summed E-state index contributed by atoms with van der Waals surface area (Å²) in [5.74, 6) is 0.609. The lowest BCUT2D eigenvalue weighted by atomic mass is 9.77. The molecule has 0 unspecified atom stereocenters. The van der Waals surface area contributed by atoms with Crippen LogP contribution < -0.4 is 0 Å². The van der Waals surface area contributed by atoms with Gasteiger partial charge in [-0.25, -0.2) is 0 Å². The lowest BCUT2D eigenvalue weighted by molar-refractivity contribution is 0.0172. The zero-order chi connectivity index (χ0) is 14.9. The van der Waals surface area contributed by atoms with E-state index < -0.39 is 5.60 Å². The van der Waals surface area contributed by atoms with Crippen LogP contribution in [0.5, 0.6) is 0 Å². The second-order valence-electron chi connectivity index (χ2n) is 6.76. The van der Waals surface area contributed by atoms with Crippen molar-refractivity contribution in [1.29, 1.82) is 0 Å². The maximum atomic E-state index is 10.1. The van der Waals surface area contributed by atoms with Crippen LogP contribution in [0.4, 0.5) is 0 Å². The predicted octanol–water partition coefficient (Wildman–Crippen LogP) is 5.07. The smallest absolute Gasteiger partial charge is 0.0620 e. The second-order valence-corrected chi connectivity index (χ2v) is 6.76. The van der Waals surface area contributed by atoms with Gasteiger partial charge in [0.15, 0.2) is 0 Å². The lowest BCUT2D eigenvalue weighted by Crippen LogP contribution is -2.29. The van der Waals surface area contributed by atoms with Gasteiger partial charge >= 0.3 is 0 Å². The molecule has 0 atom stereocenters. The zero-order valence-electron chi connectivity index (χ0n) is 13.0. The number of hydrogen-bond acceptors (Lipinski definition) is 1. The van der Waals surface area contributed by atoms with Gasteiger partial charge < -0.3 is 5.11 Å². The molecule has 0 aliphatic heterocycles. The number of hydrogen-bond donors (Lipinski definition) is 1. The standard InChI is InChI=1S/C20H24O/c1-15-3-5-16(6-4-15)17-7-9-18(10-8-17)19-11-13-20(2,21)14-12-19/h3-10,19,21H,11-14H2,1-2H3. The number of aliphatic hydroxyl groups is 1. The van der Waals surface area contributed by atoms with Crippen molar-refractivity contribution in [2.45, 2.75) is 51.0 Å². The van der Waals surface area contributed by atoms with Crippen LogP contribution in [-0.2, 0) is 0 Å². The lowest BCUT2D eigenvalue weighted by Gasteiger charge is -2.33. The third-order valence-corrected chi connectivity index (χ3v) is 4.83. The van der Waals surface area contributed by atoms with Crippen molar-refractivity contribution >= 4 is 0 Å². The molecule has 1 N–H and O–H groups in total. The Morgan fingerprint density at radius 3 is 1.86 bits per heavy atom. The van der Waals surface area contributed by atoms with E-state index in [1.54, 1.807) is 0 Å². The Morgan fingerprint density at radius 1 is 0.857 bits per heavy atom. The second kappa shape index (κ2) is 5.65. The molecule has 2 aromatic rings. The van der Waals surface area contributed by atoms with Gasteiger partial charge in [0.25, 0.3) is 0 Å². The first kappa shape index (κ1) is 14.3. The molecule has 1 aliphatic rings. The van der Waals surface area contributed by atoms with Gasteiger partial charge in [0, 0.05) is 0 Å². The largest absolute Gasteiger partial charge is 0.390 e. The predicted molar refractivity (Wildman–Crippen MR) is 88.4 cm³/mol. The minimum Gasteiger partial charge on any atom is -0.390 e. The highest BCUT2D eigenvalue weighted by atomic mass is 16.3. The van der Waals surface area contributed by atoms with E-state index >= 15 is 0 Å². The summed E-state index contributed by atoms with van der Waals surface area (Å²) in [6, 6.07) is 17.7. The van der Waals surface area contributed by atoms with E-state index in [2.05, 4.69) is 55.5 Å². The first-order chi connectivity index (χ1) is 10.0. The van der Waals surface area contributed by atoms with E-state index in [0.717, 1.165) is 25.7 Å². The van der Waals surface area contributed by atoms with Gasteiger partial charge in [0.05, 0.1) is 5.60 Å². The first-order valence-electron chi connectivity index (χ1n) is 7.93. The summed E-state index contributed by atoms with van der Waals surface area (Å²) in [4.78, 5) is 0. The average Bonchev–Trinajstić information content (AvgIpc) is 2.48. The summed E-state index contributed by atoms with van der Waals surface area (Å²) in [6.45, 7) is 4.08.